The van der Waals surface area contributed by atoms with E-state index in [0.717, 1.165) is 32.1 Å². The maximum absolute atomic E-state index is 12.8. The summed E-state index contributed by atoms with van der Waals surface area (Å²) in [5, 5.41) is 53.6. The molecular weight excluding hydrogens is 562 g/mol. The number of aliphatic hydroxyl groups excluding tert-OH is 5. The van der Waals surface area contributed by atoms with Crippen molar-refractivity contribution >= 4 is 5.91 Å². The number of hydrogen-bond acceptors (Lipinski definition) is 8. The first kappa shape index (κ1) is 40.7. The van der Waals surface area contributed by atoms with E-state index in [4.69, 9.17) is 9.47 Å². The van der Waals surface area contributed by atoms with Gasteiger partial charge in [0.15, 0.2) is 6.29 Å². The molecule has 9 nitrogen and oxygen atoms in total. The number of amides is 1. The molecule has 0 radical (unpaired) electrons. The van der Waals surface area contributed by atoms with Crippen molar-refractivity contribution in [1.29, 1.82) is 0 Å². The van der Waals surface area contributed by atoms with Gasteiger partial charge in [0.25, 0.3) is 0 Å². The van der Waals surface area contributed by atoms with E-state index in [1.807, 2.05) is 6.08 Å². The molecule has 1 fully saturated rings. The van der Waals surface area contributed by atoms with E-state index in [1.165, 1.54) is 83.5 Å². The fourth-order valence-electron chi connectivity index (χ4n) is 5.39. The SMILES string of the molecule is CCCCCCCCC/C=C/C=C/[C@@H](O)[C@H](CO[C@@H]1O[C@H](CO)[C@@H](O)C(O)C1O)NC(=O)CCCCCCCCCCCC. The van der Waals surface area contributed by atoms with Crippen molar-refractivity contribution in [1.82, 2.24) is 5.32 Å². The van der Waals surface area contributed by atoms with Crippen molar-refractivity contribution in [3.05, 3.63) is 24.3 Å². The van der Waals surface area contributed by atoms with E-state index in [1.54, 1.807) is 12.2 Å². The highest BCUT2D eigenvalue weighted by molar-refractivity contribution is 5.76. The van der Waals surface area contributed by atoms with Crippen molar-refractivity contribution in [3.8, 4) is 0 Å². The highest BCUT2D eigenvalue weighted by Gasteiger charge is 2.44. The Hall–Kier alpha value is -1.33. The van der Waals surface area contributed by atoms with Crippen molar-refractivity contribution in [2.24, 2.45) is 0 Å². The largest absolute Gasteiger partial charge is 0.394 e. The molecule has 2 unspecified atom stereocenters. The van der Waals surface area contributed by atoms with Crippen LogP contribution < -0.4 is 5.32 Å². The predicted molar refractivity (Wildman–Crippen MR) is 175 cm³/mol. The summed E-state index contributed by atoms with van der Waals surface area (Å²) in [4.78, 5) is 12.8. The smallest absolute Gasteiger partial charge is 0.220 e. The number of ether oxygens (including phenoxy) is 2. The van der Waals surface area contributed by atoms with E-state index in [-0.39, 0.29) is 12.5 Å². The van der Waals surface area contributed by atoms with Crippen molar-refractivity contribution < 1.29 is 39.8 Å². The van der Waals surface area contributed by atoms with Crippen molar-refractivity contribution in [2.75, 3.05) is 13.2 Å². The van der Waals surface area contributed by atoms with Gasteiger partial charge in [0, 0.05) is 6.42 Å². The molecule has 9 heteroatoms. The van der Waals surface area contributed by atoms with Crippen LogP contribution in [-0.4, -0.2) is 87.5 Å². The normalized spacial score (nSPS) is 23.8. The number of unbranched alkanes of at least 4 members (excludes halogenated alkanes) is 16. The van der Waals surface area contributed by atoms with Gasteiger partial charge in [0.2, 0.25) is 5.91 Å². The van der Waals surface area contributed by atoms with Crippen LogP contribution in [0.2, 0.25) is 0 Å². The third kappa shape index (κ3) is 18.6. The Labute approximate surface area is 267 Å². The topological polar surface area (TPSA) is 149 Å². The van der Waals surface area contributed by atoms with Crippen molar-refractivity contribution in [2.45, 2.75) is 179 Å². The first-order valence-corrected chi connectivity index (χ1v) is 17.6. The van der Waals surface area contributed by atoms with Crippen LogP contribution in [0.1, 0.15) is 136 Å². The quantitative estimate of drug-likeness (QED) is 0.0537. The van der Waals surface area contributed by atoms with Crippen LogP contribution in [0.15, 0.2) is 24.3 Å². The second-order valence-corrected chi connectivity index (χ2v) is 12.4. The minimum Gasteiger partial charge on any atom is -0.394 e. The van der Waals surface area contributed by atoms with Gasteiger partial charge >= 0.3 is 0 Å². The Balaban J connectivity index is 2.56. The maximum Gasteiger partial charge on any atom is 0.220 e. The zero-order valence-electron chi connectivity index (χ0n) is 27.7. The lowest BCUT2D eigenvalue weighted by molar-refractivity contribution is -0.302. The Bertz CT molecular complexity index is 746. The Kier molecular flexibility index (Phi) is 24.8. The Morgan fingerprint density at radius 2 is 1.32 bits per heavy atom. The standard InChI is InChI=1S/C35H65NO8/c1-3-5-7-9-11-13-15-16-18-20-22-24-29(38)28(27-43-35-34(42)33(41)32(40)30(26-37)44-35)36-31(39)25-23-21-19-17-14-12-10-8-6-4-2/h18,20,22,24,28-30,32-35,37-38,40-42H,3-17,19,21,23,25-27H2,1-2H3,(H,36,39)/b20-18+,24-22+/t28-,29+,30+,32+,33?,34?,35+/m0/s1. The number of nitrogens with one attached hydrogen (secondary N) is 1. The molecule has 1 aliphatic heterocycles. The molecule has 1 amide bonds. The van der Waals surface area contributed by atoms with Crippen LogP contribution in [-0.2, 0) is 14.3 Å². The summed E-state index contributed by atoms with van der Waals surface area (Å²) in [6.45, 7) is 3.66. The molecule has 258 valence electrons. The number of rotatable bonds is 27. The zero-order chi connectivity index (χ0) is 32.4. The summed E-state index contributed by atoms with van der Waals surface area (Å²) in [7, 11) is 0. The van der Waals surface area contributed by atoms with E-state index in [2.05, 4.69) is 25.2 Å². The molecule has 44 heavy (non-hydrogen) atoms. The van der Waals surface area contributed by atoms with E-state index in [0.29, 0.717) is 6.42 Å². The molecule has 7 atom stereocenters. The minimum atomic E-state index is -1.57. The minimum absolute atomic E-state index is 0.200. The molecule has 0 bridgehead atoms. The lowest BCUT2D eigenvalue weighted by atomic mass is 9.99. The van der Waals surface area contributed by atoms with Crippen LogP contribution in [0, 0.1) is 0 Å². The average molecular weight is 628 g/mol. The number of carbonyl (C=O) groups is 1. The number of carbonyl (C=O) groups excluding carboxylic acids is 1. The fourth-order valence-corrected chi connectivity index (χ4v) is 5.39. The van der Waals surface area contributed by atoms with Crippen LogP contribution >= 0.6 is 0 Å². The monoisotopic (exact) mass is 627 g/mol. The molecule has 1 aliphatic rings. The number of hydrogen-bond donors (Lipinski definition) is 6. The summed E-state index contributed by atoms with van der Waals surface area (Å²) in [6, 6.07) is -0.828. The summed E-state index contributed by atoms with van der Waals surface area (Å²) in [5.74, 6) is -0.200. The predicted octanol–water partition coefficient (Wildman–Crippen LogP) is 5.21. The molecule has 0 spiro atoms. The molecule has 1 rings (SSSR count). The van der Waals surface area contributed by atoms with Gasteiger partial charge in [-0.2, -0.15) is 0 Å². The maximum atomic E-state index is 12.8. The summed E-state index contributed by atoms with van der Waals surface area (Å²) < 4.78 is 11.1. The molecule has 0 saturated carbocycles. The van der Waals surface area contributed by atoms with Gasteiger partial charge in [-0.3, -0.25) is 4.79 Å². The van der Waals surface area contributed by atoms with Gasteiger partial charge in [-0.25, -0.2) is 0 Å². The third-order valence-corrected chi connectivity index (χ3v) is 8.33. The van der Waals surface area contributed by atoms with Crippen LogP contribution in [0.3, 0.4) is 0 Å². The number of aliphatic hydroxyl groups is 5. The molecule has 0 aromatic carbocycles. The van der Waals surface area contributed by atoms with Gasteiger partial charge < -0.3 is 40.3 Å². The van der Waals surface area contributed by atoms with Gasteiger partial charge in [0.05, 0.1) is 25.4 Å². The summed E-state index contributed by atoms with van der Waals surface area (Å²) in [6.07, 6.45) is 20.9. The fraction of sp³-hybridized carbons (Fsp3) is 0.857. The lowest BCUT2D eigenvalue weighted by Crippen LogP contribution is -2.60. The first-order chi connectivity index (χ1) is 21.3. The molecule has 1 saturated heterocycles. The zero-order valence-corrected chi connectivity index (χ0v) is 27.7. The first-order valence-electron chi connectivity index (χ1n) is 17.6. The van der Waals surface area contributed by atoms with Gasteiger partial charge in [-0.1, -0.05) is 134 Å². The van der Waals surface area contributed by atoms with Crippen LogP contribution in [0.25, 0.3) is 0 Å². The van der Waals surface area contributed by atoms with E-state index >= 15 is 0 Å². The lowest BCUT2D eigenvalue weighted by Gasteiger charge is -2.40. The molecule has 1 heterocycles. The highest BCUT2D eigenvalue weighted by atomic mass is 16.7. The second kappa shape index (κ2) is 26.8. The van der Waals surface area contributed by atoms with Gasteiger partial charge in [-0.15, -0.1) is 0 Å². The van der Waals surface area contributed by atoms with E-state index < -0.39 is 49.5 Å². The van der Waals surface area contributed by atoms with Crippen molar-refractivity contribution in [3.63, 3.8) is 0 Å². The van der Waals surface area contributed by atoms with E-state index in [9.17, 15) is 30.3 Å². The summed E-state index contributed by atoms with van der Waals surface area (Å²) in [5.41, 5.74) is 0. The number of allylic oxidation sites excluding steroid dienone is 3. The van der Waals surface area contributed by atoms with Crippen LogP contribution in [0.5, 0.6) is 0 Å². The molecular formula is C35H65NO8. The summed E-state index contributed by atoms with van der Waals surface area (Å²) >= 11 is 0. The molecule has 0 aromatic rings. The van der Waals surface area contributed by atoms with Crippen LogP contribution in [0.4, 0.5) is 0 Å². The van der Waals surface area contributed by atoms with Gasteiger partial charge in [0.1, 0.15) is 24.4 Å². The molecule has 0 aromatic heterocycles. The highest BCUT2D eigenvalue weighted by Crippen LogP contribution is 2.22. The average Bonchev–Trinajstić information content (AvgIpc) is 3.02. The molecule has 6 N–H and O–H groups in total. The third-order valence-electron chi connectivity index (χ3n) is 8.33. The van der Waals surface area contributed by atoms with Gasteiger partial charge in [-0.05, 0) is 19.3 Å². The second-order valence-electron chi connectivity index (χ2n) is 12.4. The Morgan fingerprint density at radius 3 is 1.89 bits per heavy atom. The molecule has 0 aliphatic carbocycles. The Morgan fingerprint density at radius 1 is 0.773 bits per heavy atom.